The van der Waals surface area contributed by atoms with Crippen LogP contribution in [-0.2, 0) is 14.8 Å². The fourth-order valence-corrected chi connectivity index (χ4v) is 6.66. The molecule has 5 nitrogen and oxygen atoms in total. The van der Waals surface area contributed by atoms with Crippen LogP contribution >= 0.6 is 11.8 Å². The lowest BCUT2D eigenvalue weighted by Gasteiger charge is -2.41. The topological polar surface area (TPSA) is 74.7 Å². The molecule has 1 saturated heterocycles. The molecule has 0 bridgehead atoms. The quantitative estimate of drug-likeness (QED) is 0.703. The molecule has 1 N–H and O–H groups in total. The first kappa shape index (κ1) is 21.9. The van der Waals surface area contributed by atoms with Crippen LogP contribution in [0, 0.1) is 12.8 Å². The standard InChI is InChI=1S/C22H27NO4S2/c1-3-13-28-21-14-20(17-7-5-4-6-8-17)23(15-19(21)22(24)25)29(26,27)18-11-9-16(2)10-12-18/h4-12,19-21H,3,13-15H2,1-2H3,(H,24,25)/t19-,20+,21-/m1/s1. The average molecular weight is 434 g/mol. The van der Waals surface area contributed by atoms with Gasteiger partial charge in [-0.2, -0.15) is 16.1 Å². The smallest absolute Gasteiger partial charge is 0.308 e. The molecule has 0 radical (unpaired) electrons. The first-order valence-corrected chi connectivity index (χ1v) is 12.3. The van der Waals surface area contributed by atoms with Crippen molar-refractivity contribution in [2.45, 2.75) is 42.9 Å². The van der Waals surface area contributed by atoms with Gasteiger partial charge in [0.05, 0.1) is 16.9 Å². The molecule has 3 rings (SSSR count). The van der Waals surface area contributed by atoms with E-state index < -0.39 is 21.9 Å². The van der Waals surface area contributed by atoms with E-state index in [9.17, 15) is 18.3 Å². The highest BCUT2D eigenvalue weighted by atomic mass is 32.2. The third-order valence-corrected chi connectivity index (χ3v) is 8.78. The Hall–Kier alpha value is -1.83. The highest BCUT2D eigenvalue weighted by Gasteiger charge is 2.45. The van der Waals surface area contributed by atoms with Gasteiger partial charge in [0.25, 0.3) is 0 Å². The van der Waals surface area contributed by atoms with Crippen LogP contribution in [0.1, 0.15) is 36.9 Å². The number of aliphatic carboxylic acids is 1. The van der Waals surface area contributed by atoms with E-state index in [0.717, 1.165) is 23.3 Å². The Bertz CT molecular complexity index is 929. The zero-order chi connectivity index (χ0) is 21.0. The lowest BCUT2D eigenvalue weighted by Crippen LogP contribution is -2.49. The van der Waals surface area contributed by atoms with Crippen molar-refractivity contribution >= 4 is 27.8 Å². The van der Waals surface area contributed by atoms with Gasteiger partial charge in [-0.1, -0.05) is 55.0 Å². The minimum absolute atomic E-state index is 0.0213. The number of carboxylic acids is 1. The molecule has 29 heavy (non-hydrogen) atoms. The number of sulfonamides is 1. The van der Waals surface area contributed by atoms with E-state index >= 15 is 0 Å². The normalized spacial score (nSPS) is 23.0. The van der Waals surface area contributed by atoms with Crippen molar-refractivity contribution in [1.82, 2.24) is 4.31 Å². The van der Waals surface area contributed by atoms with Crippen molar-refractivity contribution in [2.75, 3.05) is 12.3 Å². The largest absolute Gasteiger partial charge is 0.481 e. The molecule has 1 aliphatic heterocycles. The Morgan fingerprint density at radius 3 is 2.38 bits per heavy atom. The number of benzene rings is 2. The number of aryl methyl sites for hydroxylation is 1. The average Bonchev–Trinajstić information content (AvgIpc) is 2.72. The second-order valence-corrected chi connectivity index (χ2v) is 10.6. The van der Waals surface area contributed by atoms with Gasteiger partial charge in [0.1, 0.15) is 0 Å². The summed E-state index contributed by atoms with van der Waals surface area (Å²) in [5.74, 6) is -0.804. The van der Waals surface area contributed by atoms with Gasteiger partial charge < -0.3 is 5.11 Å². The summed E-state index contributed by atoms with van der Waals surface area (Å²) in [4.78, 5) is 12.2. The summed E-state index contributed by atoms with van der Waals surface area (Å²) >= 11 is 1.64. The number of nitrogens with zero attached hydrogens (tertiary/aromatic N) is 1. The predicted molar refractivity (Wildman–Crippen MR) is 117 cm³/mol. The van der Waals surface area contributed by atoms with Gasteiger partial charge >= 0.3 is 5.97 Å². The van der Waals surface area contributed by atoms with Gasteiger partial charge in [-0.25, -0.2) is 8.42 Å². The molecule has 1 fully saturated rings. The predicted octanol–water partition coefficient (Wildman–Crippen LogP) is 4.34. The fourth-order valence-electron chi connectivity index (χ4n) is 3.72. The number of carboxylic acid groups (broad SMARTS) is 1. The number of piperidine rings is 1. The number of hydrogen-bond donors (Lipinski definition) is 1. The second-order valence-electron chi connectivity index (χ2n) is 7.40. The van der Waals surface area contributed by atoms with E-state index in [4.69, 9.17) is 0 Å². The maximum absolute atomic E-state index is 13.5. The molecule has 3 atom stereocenters. The summed E-state index contributed by atoms with van der Waals surface area (Å²) in [6.45, 7) is 3.95. The summed E-state index contributed by atoms with van der Waals surface area (Å²) in [5, 5.41) is 9.70. The van der Waals surface area contributed by atoms with Crippen LogP contribution in [0.3, 0.4) is 0 Å². The molecule has 0 aromatic heterocycles. The Morgan fingerprint density at radius 1 is 1.14 bits per heavy atom. The maximum atomic E-state index is 13.5. The van der Waals surface area contributed by atoms with Crippen LogP contribution in [-0.4, -0.2) is 41.3 Å². The van der Waals surface area contributed by atoms with Crippen molar-refractivity contribution < 1.29 is 18.3 Å². The van der Waals surface area contributed by atoms with Crippen molar-refractivity contribution in [3.63, 3.8) is 0 Å². The second kappa shape index (κ2) is 9.32. The van der Waals surface area contributed by atoms with Gasteiger partial charge in [-0.15, -0.1) is 0 Å². The Morgan fingerprint density at radius 2 is 1.79 bits per heavy atom. The third-order valence-electron chi connectivity index (χ3n) is 5.29. The Kier molecular flexibility index (Phi) is 7.03. The van der Waals surface area contributed by atoms with Crippen LogP contribution in [0.4, 0.5) is 0 Å². The summed E-state index contributed by atoms with van der Waals surface area (Å²) in [6.07, 6.45) is 1.44. The lowest BCUT2D eigenvalue weighted by molar-refractivity contribution is -0.143. The van der Waals surface area contributed by atoms with Crippen molar-refractivity contribution in [2.24, 2.45) is 5.92 Å². The van der Waals surface area contributed by atoms with Crippen LogP contribution in [0.25, 0.3) is 0 Å². The molecule has 0 unspecified atom stereocenters. The minimum atomic E-state index is -3.83. The fraction of sp³-hybridized carbons (Fsp3) is 0.409. The van der Waals surface area contributed by atoms with E-state index in [1.54, 1.807) is 36.0 Å². The van der Waals surface area contributed by atoms with Crippen molar-refractivity contribution in [1.29, 1.82) is 0 Å². The van der Waals surface area contributed by atoms with Crippen LogP contribution in [0.5, 0.6) is 0 Å². The zero-order valence-corrected chi connectivity index (χ0v) is 18.3. The molecule has 156 valence electrons. The van der Waals surface area contributed by atoms with E-state index in [1.165, 1.54) is 4.31 Å². The van der Waals surface area contributed by atoms with Gasteiger partial charge in [0.2, 0.25) is 10.0 Å². The molecule has 7 heteroatoms. The molecule has 0 spiro atoms. The molecule has 0 aliphatic carbocycles. The summed E-state index contributed by atoms with van der Waals surface area (Å²) in [6, 6.07) is 15.9. The Labute approximate surface area is 177 Å². The van der Waals surface area contributed by atoms with E-state index in [0.29, 0.717) is 6.42 Å². The van der Waals surface area contributed by atoms with Gasteiger partial charge in [0, 0.05) is 11.8 Å². The highest BCUT2D eigenvalue weighted by Crippen LogP contribution is 2.42. The van der Waals surface area contributed by atoms with Crippen LogP contribution in [0.15, 0.2) is 59.5 Å². The number of rotatable bonds is 7. The Balaban J connectivity index is 2.03. The molecular formula is C22H27NO4S2. The summed E-state index contributed by atoms with van der Waals surface area (Å²) in [7, 11) is -3.83. The van der Waals surface area contributed by atoms with Gasteiger partial charge in [0.15, 0.2) is 0 Å². The molecule has 1 heterocycles. The molecule has 0 amide bonds. The van der Waals surface area contributed by atoms with Crippen LogP contribution in [0.2, 0.25) is 0 Å². The SMILES string of the molecule is CCCS[C@@H]1C[C@@H](c2ccccc2)N(S(=O)(=O)c2ccc(C)cc2)C[C@H]1C(=O)O. The minimum Gasteiger partial charge on any atom is -0.481 e. The van der Waals surface area contributed by atoms with Crippen molar-refractivity contribution in [3.05, 3.63) is 65.7 Å². The first-order valence-electron chi connectivity index (χ1n) is 9.82. The van der Waals surface area contributed by atoms with E-state index in [1.807, 2.05) is 37.3 Å². The maximum Gasteiger partial charge on any atom is 0.308 e. The highest BCUT2D eigenvalue weighted by molar-refractivity contribution is 7.99. The zero-order valence-electron chi connectivity index (χ0n) is 16.7. The first-order chi connectivity index (χ1) is 13.8. The number of thioether (sulfide) groups is 1. The molecule has 0 saturated carbocycles. The summed E-state index contributed by atoms with van der Waals surface area (Å²) in [5.41, 5.74) is 1.87. The molecular weight excluding hydrogens is 406 g/mol. The van der Waals surface area contributed by atoms with Crippen molar-refractivity contribution in [3.8, 4) is 0 Å². The van der Waals surface area contributed by atoms with E-state index in [2.05, 4.69) is 6.92 Å². The monoisotopic (exact) mass is 433 g/mol. The molecule has 1 aliphatic rings. The van der Waals surface area contributed by atoms with Crippen LogP contribution < -0.4 is 0 Å². The number of carbonyl (C=O) groups is 1. The van der Waals surface area contributed by atoms with Gasteiger partial charge in [-0.05, 0) is 43.2 Å². The third kappa shape index (κ3) is 4.85. The molecule has 2 aromatic carbocycles. The molecule has 2 aromatic rings. The number of hydrogen-bond acceptors (Lipinski definition) is 4. The van der Waals surface area contributed by atoms with E-state index in [-0.39, 0.29) is 22.7 Å². The van der Waals surface area contributed by atoms with Gasteiger partial charge in [-0.3, -0.25) is 4.79 Å². The lowest BCUT2D eigenvalue weighted by atomic mass is 9.90. The summed E-state index contributed by atoms with van der Waals surface area (Å²) < 4.78 is 28.4.